The number of halogens is 3. The lowest BCUT2D eigenvalue weighted by Crippen LogP contribution is -2.29. The highest BCUT2D eigenvalue weighted by molar-refractivity contribution is 6.32. The zero-order valence-electron chi connectivity index (χ0n) is 10.2. The molecule has 5 nitrogen and oxygen atoms in total. The number of anilines is 1. The van der Waals surface area contributed by atoms with Crippen molar-refractivity contribution in [1.29, 1.82) is 0 Å². The summed E-state index contributed by atoms with van der Waals surface area (Å²) in [6.07, 6.45) is 1.52. The van der Waals surface area contributed by atoms with Crippen LogP contribution in [-0.4, -0.2) is 27.0 Å². The van der Waals surface area contributed by atoms with Crippen LogP contribution in [0.4, 0.5) is 14.5 Å². The molecule has 8 heteroatoms. The number of nitrogens with zero attached hydrogens (tertiary/aromatic N) is 5. The van der Waals surface area contributed by atoms with Crippen molar-refractivity contribution >= 4 is 17.3 Å². The first kappa shape index (κ1) is 12.3. The summed E-state index contributed by atoms with van der Waals surface area (Å²) in [5.74, 6) is 0. The third-order valence-corrected chi connectivity index (χ3v) is 3.66. The number of aromatic nitrogens is 4. The van der Waals surface area contributed by atoms with Gasteiger partial charge in [0.1, 0.15) is 5.69 Å². The van der Waals surface area contributed by atoms with E-state index in [1.165, 1.54) is 6.20 Å². The SMILES string of the molecule is CC1c2c(nnn2C(F)F)-c2ccnc(Cl)c2N1C. The number of alkyl halides is 2. The van der Waals surface area contributed by atoms with Crippen LogP contribution >= 0.6 is 11.6 Å². The average Bonchev–Trinajstić information content (AvgIpc) is 2.80. The van der Waals surface area contributed by atoms with Crippen molar-refractivity contribution in [3.63, 3.8) is 0 Å². The molecule has 0 fully saturated rings. The second kappa shape index (κ2) is 4.12. The fourth-order valence-electron chi connectivity index (χ4n) is 2.36. The molecule has 0 N–H and O–H groups in total. The number of pyridine rings is 1. The summed E-state index contributed by atoms with van der Waals surface area (Å²) in [6, 6.07) is 1.39. The Bertz CT molecular complexity index is 642. The molecule has 0 radical (unpaired) electrons. The molecule has 100 valence electrons. The van der Waals surface area contributed by atoms with Gasteiger partial charge in [-0.25, -0.2) is 4.98 Å². The second-order valence-corrected chi connectivity index (χ2v) is 4.69. The summed E-state index contributed by atoms with van der Waals surface area (Å²) < 4.78 is 26.5. The summed E-state index contributed by atoms with van der Waals surface area (Å²) in [6.45, 7) is -0.918. The van der Waals surface area contributed by atoms with Crippen molar-refractivity contribution in [1.82, 2.24) is 20.0 Å². The van der Waals surface area contributed by atoms with Crippen LogP contribution in [0.5, 0.6) is 0 Å². The zero-order valence-corrected chi connectivity index (χ0v) is 10.9. The first-order valence-electron chi connectivity index (χ1n) is 5.63. The molecule has 0 amide bonds. The van der Waals surface area contributed by atoms with Crippen LogP contribution < -0.4 is 4.90 Å². The molecule has 0 bridgehead atoms. The van der Waals surface area contributed by atoms with Crippen molar-refractivity contribution < 1.29 is 8.78 Å². The van der Waals surface area contributed by atoms with E-state index in [-0.39, 0.29) is 6.04 Å². The summed E-state index contributed by atoms with van der Waals surface area (Å²) >= 11 is 6.08. The van der Waals surface area contributed by atoms with Gasteiger partial charge in [-0.2, -0.15) is 13.5 Å². The summed E-state index contributed by atoms with van der Waals surface area (Å²) in [5, 5.41) is 7.73. The topological polar surface area (TPSA) is 46.8 Å². The molecule has 1 aliphatic heterocycles. The Balaban J connectivity index is 2.31. The van der Waals surface area contributed by atoms with Crippen molar-refractivity contribution in [2.45, 2.75) is 19.5 Å². The Hall–Kier alpha value is -1.76. The molecule has 0 saturated heterocycles. The highest BCUT2D eigenvalue weighted by Gasteiger charge is 2.34. The lowest BCUT2D eigenvalue weighted by atomic mass is 9.99. The van der Waals surface area contributed by atoms with Crippen LogP contribution in [0, 0.1) is 0 Å². The molecule has 0 saturated carbocycles. The van der Waals surface area contributed by atoms with E-state index in [1.807, 2.05) is 0 Å². The smallest absolute Gasteiger partial charge is 0.334 e. The molecule has 3 heterocycles. The van der Waals surface area contributed by atoms with Gasteiger partial charge >= 0.3 is 6.55 Å². The van der Waals surface area contributed by atoms with Crippen molar-refractivity contribution in [3.05, 3.63) is 23.1 Å². The summed E-state index contributed by atoms with van der Waals surface area (Å²) in [4.78, 5) is 5.81. The molecule has 0 aromatic carbocycles. The van der Waals surface area contributed by atoms with E-state index in [4.69, 9.17) is 11.6 Å². The molecule has 1 unspecified atom stereocenters. The second-order valence-electron chi connectivity index (χ2n) is 4.33. The number of hydrogen-bond donors (Lipinski definition) is 0. The predicted octanol–water partition coefficient (Wildman–Crippen LogP) is 2.90. The third kappa shape index (κ3) is 1.61. The Morgan fingerprint density at radius 3 is 2.84 bits per heavy atom. The van der Waals surface area contributed by atoms with Gasteiger partial charge in [-0.3, -0.25) is 0 Å². The van der Waals surface area contributed by atoms with E-state index in [0.29, 0.717) is 32.5 Å². The Morgan fingerprint density at radius 1 is 1.42 bits per heavy atom. The number of hydrogen-bond acceptors (Lipinski definition) is 4. The Labute approximate surface area is 112 Å². The van der Waals surface area contributed by atoms with Gasteiger partial charge in [0.05, 0.1) is 17.4 Å². The largest absolute Gasteiger partial charge is 0.363 e. The van der Waals surface area contributed by atoms with Gasteiger partial charge in [-0.05, 0) is 13.0 Å². The number of rotatable bonds is 1. The quantitative estimate of drug-likeness (QED) is 0.756. The maximum Gasteiger partial charge on any atom is 0.334 e. The lowest BCUT2D eigenvalue weighted by Gasteiger charge is -2.33. The molecular formula is C11H10ClF2N5. The third-order valence-electron chi connectivity index (χ3n) is 3.38. The number of fused-ring (bicyclic) bond motifs is 3. The van der Waals surface area contributed by atoms with Crippen molar-refractivity contribution in [2.75, 3.05) is 11.9 Å². The standard InChI is InChI=1S/C11H10ClF2N5/c1-5-8-7(16-17-19(8)11(13)14)6-3-4-15-10(12)9(6)18(5)2/h3-5,11H,1-2H3. The van der Waals surface area contributed by atoms with Crippen LogP contribution in [0.3, 0.4) is 0 Å². The van der Waals surface area contributed by atoms with Gasteiger partial charge in [0, 0.05) is 18.8 Å². The molecule has 1 atom stereocenters. The average molecular weight is 286 g/mol. The van der Waals surface area contributed by atoms with Crippen molar-refractivity contribution in [3.8, 4) is 11.3 Å². The summed E-state index contributed by atoms with van der Waals surface area (Å²) in [5.41, 5.74) is 2.17. The van der Waals surface area contributed by atoms with Crippen LogP contribution in [0.15, 0.2) is 12.3 Å². The fourth-order valence-corrected chi connectivity index (χ4v) is 2.65. The monoisotopic (exact) mass is 285 g/mol. The van der Waals surface area contributed by atoms with Gasteiger partial charge in [0.2, 0.25) is 0 Å². The minimum absolute atomic E-state index is 0.312. The molecule has 2 aromatic rings. The molecular weight excluding hydrogens is 276 g/mol. The highest BCUT2D eigenvalue weighted by atomic mass is 35.5. The molecule has 0 aliphatic carbocycles. The van der Waals surface area contributed by atoms with Crippen LogP contribution in [0.2, 0.25) is 5.15 Å². The van der Waals surface area contributed by atoms with Gasteiger partial charge in [-0.1, -0.05) is 16.8 Å². The minimum Gasteiger partial charge on any atom is -0.363 e. The van der Waals surface area contributed by atoms with Gasteiger partial charge in [0.15, 0.2) is 5.15 Å². The van der Waals surface area contributed by atoms with Crippen LogP contribution in [0.25, 0.3) is 11.3 Å². The van der Waals surface area contributed by atoms with E-state index in [0.717, 1.165) is 0 Å². The van der Waals surface area contributed by atoms with Crippen LogP contribution in [-0.2, 0) is 0 Å². The van der Waals surface area contributed by atoms with E-state index < -0.39 is 6.55 Å². The van der Waals surface area contributed by atoms with Crippen molar-refractivity contribution in [2.24, 2.45) is 0 Å². The van der Waals surface area contributed by atoms with E-state index in [2.05, 4.69) is 15.3 Å². The fraction of sp³-hybridized carbons (Fsp3) is 0.364. The Morgan fingerprint density at radius 2 is 2.16 bits per heavy atom. The minimum atomic E-state index is -2.72. The molecule has 2 aromatic heterocycles. The first-order valence-corrected chi connectivity index (χ1v) is 6.01. The highest BCUT2D eigenvalue weighted by Crippen LogP contribution is 2.45. The molecule has 1 aliphatic rings. The van der Waals surface area contributed by atoms with Crippen LogP contribution in [0.1, 0.15) is 25.2 Å². The first-order chi connectivity index (χ1) is 9.02. The zero-order chi connectivity index (χ0) is 13.7. The van der Waals surface area contributed by atoms with Gasteiger partial charge in [0.25, 0.3) is 0 Å². The van der Waals surface area contributed by atoms with Gasteiger partial charge < -0.3 is 4.90 Å². The van der Waals surface area contributed by atoms with Gasteiger partial charge in [-0.15, -0.1) is 5.10 Å². The maximum atomic E-state index is 12.9. The van der Waals surface area contributed by atoms with E-state index >= 15 is 0 Å². The predicted molar refractivity (Wildman–Crippen MR) is 66.3 cm³/mol. The summed E-state index contributed by atoms with van der Waals surface area (Å²) in [7, 11) is 1.78. The molecule has 3 rings (SSSR count). The molecule has 0 spiro atoms. The molecule has 19 heavy (non-hydrogen) atoms. The van der Waals surface area contributed by atoms with E-state index in [9.17, 15) is 8.78 Å². The normalized spacial score (nSPS) is 17.6. The van der Waals surface area contributed by atoms with E-state index in [1.54, 1.807) is 24.9 Å². The Kier molecular flexibility index (Phi) is 2.67. The lowest BCUT2D eigenvalue weighted by molar-refractivity contribution is 0.0505. The maximum absolute atomic E-state index is 12.9.